The monoisotopic (exact) mass is 167 g/mol. The lowest BCUT2D eigenvalue weighted by molar-refractivity contribution is 1.14. The van der Waals surface area contributed by atoms with Crippen LogP contribution in [0.3, 0.4) is 0 Å². The van der Waals surface area contributed by atoms with Crippen LogP contribution >= 0.6 is 11.6 Å². The van der Waals surface area contributed by atoms with Crippen molar-refractivity contribution in [3.05, 3.63) is 34.6 Å². The van der Waals surface area contributed by atoms with E-state index in [0.717, 1.165) is 22.0 Å². The van der Waals surface area contributed by atoms with Crippen LogP contribution in [-0.4, -0.2) is 4.98 Å². The molecule has 1 heterocycles. The molecule has 0 aliphatic carbocycles. The first-order valence-electron chi connectivity index (χ1n) is 3.41. The summed E-state index contributed by atoms with van der Waals surface area (Å²) >= 11 is 5.91. The highest BCUT2D eigenvalue weighted by atomic mass is 35.5. The average molecular weight is 168 g/mol. The fraction of sp³-hybridized carbons (Fsp3) is 0.222. The Hall–Kier alpha value is -0.820. The molecule has 0 saturated carbocycles. The number of halogens is 1. The van der Waals surface area contributed by atoms with Gasteiger partial charge < -0.3 is 0 Å². The Labute approximate surface area is 71.7 Å². The number of hydrogen-bond donors (Lipinski definition) is 0. The van der Waals surface area contributed by atoms with Gasteiger partial charge in [-0.1, -0.05) is 18.2 Å². The summed E-state index contributed by atoms with van der Waals surface area (Å²) in [7, 11) is 0. The minimum atomic E-state index is 0.757. The molecule has 0 fully saturated rings. The number of aromatic nitrogens is 1. The molecule has 0 radical (unpaired) electrons. The molecule has 1 nitrogen and oxygen atoms in total. The Morgan fingerprint density at radius 1 is 1.55 bits per heavy atom. The van der Waals surface area contributed by atoms with Crippen molar-refractivity contribution in [3.8, 4) is 0 Å². The first-order chi connectivity index (χ1) is 5.15. The largest absolute Gasteiger partial charge is 0.253 e. The molecule has 0 unspecified atom stereocenters. The van der Waals surface area contributed by atoms with Crippen LogP contribution in [0.4, 0.5) is 0 Å². The van der Waals surface area contributed by atoms with Crippen LogP contribution in [0.15, 0.2) is 12.6 Å². The molecule has 0 saturated heterocycles. The van der Waals surface area contributed by atoms with E-state index >= 15 is 0 Å². The third-order valence-corrected chi connectivity index (χ3v) is 2.07. The predicted molar refractivity (Wildman–Crippen MR) is 48.8 cm³/mol. The van der Waals surface area contributed by atoms with E-state index in [4.69, 9.17) is 11.6 Å². The molecule has 0 spiro atoms. The first-order valence-corrected chi connectivity index (χ1v) is 3.79. The van der Waals surface area contributed by atoms with E-state index in [2.05, 4.69) is 11.6 Å². The normalized spacial score (nSPS) is 9.73. The van der Waals surface area contributed by atoms with Gasteiger partial charge in [-0.3, -0.25) is 4.98 Å². The third kappa shape index (κ3) is 1.60. The number of pyridine rings is 1. The highest BCUT2D eigenvalue weighted by Gasteiger charge is 2.00. The zero-order chi connectivity index (χ0) is 8.43. The summed E-state index contributed by atoms with van der Waals surface area (Å²) in [5.41, 5.74) is 2.84. The van der Waals surface area contributed by atoms with Crippen molar-refractivity contribution in [2.75, 3.05) is 0 Å². The Kier molecular flexibility index (Phi) is 2.30. The fourth-order valence-corrected chi connectivity index (χ4v) is 1.07. The predicted octanol–water partition coefficient (Wildman–Crippen LogP) is 2.99. The molecule has 0 aliphatic heterocycles. The summed E-state index contributed by atoms with van der Waals surface area (Å²) in [5, 5.41) is 0.757. The summed E-state index contributed by atoms with van der Waals surface area (Å²) in [5.74, 6) is 0. The summed E-state index contributed by atoms with van der Waals surface area (Å²) in [6.45, 7) is 7.52. The number of nitrogens with zero attached hydrogens (tertiary/aromatic N) is 1. The Balaban J connectivity index is 3.31. The zero-order valence-electron chi connectivity index (χ0n) is 6.69. The molecule has 0 aliphatic rings. The van der Waals surface area contributed by atoms with Crippen molar-refractivity contribution in [1.29, 1.82) is 0 Å². The average Bonchev–Trinajstić information content (AvgIpc) is 1.99. The number of aryl methyl sites for hydroxylation is 1. The van der Waals surface area contributed by atoms with Gasteiger partial charge in [0.2, 0.25) is 0 Å². The Bertz CT molecular complexity index is 269. The van der Waals surface area contributed by atoms with Crippen molar-refractivity contribution in [2.24, 2.45) is 0 Å². The molecule has 2 heteroatoms. The van der Waals surface area contributed by atoms with E-state index in [-0.39, 0.29) is 0 Å². The SMILES string of the molecule is C=Cc1cc(Cl)c(C)c(C)n1. The highest BCUT2D eigenvalue weighted by Crippen LogP contribution is 2.18. The van der Waals surface area contributed by atoms with Gasteiger partial charge in [-0.15, -0.1) is 0 Å². The first kappa shape index (κ1) is 8.28. The Morgan fingerprint density at radius 2 is 2.18 bits per heavy atom. The van der Waals surface area contributed by atoms with E-state index in [0.29, 0.717) is 0 Å². The second kappa shape index (κ2) is 3.05. The van der Waals surface area contributed by atoms with Crippen LogP contribution in [0.2, 0.25) is 5.02 Å². The van der Waals surface area contributed by atoms with Crippen LogP contribution in [0.5, 0.6) is 0 Å². The van der Waals surface area contributed by atoms with Crippen LogP contribution < -0.4 is 0 Å². The van der Waals surface area contributed by atoms with Crippen molar-refractivity contribution < 1.29 is 0 Å². The van der Waals surface area contributed by atoms with Gasteiger partial charge in [0.25, 0.3) is 0 Å². The van der Waals surface area contributed by atoms with Gasteiger partial charge in [-0.25, -0.2) is 0 Å². The number of rotatable bonds is 1. The Morgan fingerprint density at radius 3 is 2.64 bits per heavy atom. The van der Waals surface area contributed by atoms with Crippen LogP contribution in [-0.2, 0) is 0 Å². The van der Waals surface area contributed by atoms with Gasteiger partial charge in [-0.05, 0) is 31.6 Å². The second-order valence-corrected chi connectivity index (χ2v) is 2.85. The number of hydrogen-bond acceptors (Lipinski definition) is 1. The molecule has 0 amide bonds. The molecular formula is C9H10ClN. The summed E-state index contributed by atoms with van der Waals surface area (Å²) in [6, 6.07) is 1.82. The van der Waals surface area contributed by atoms with E-state index in [1.165, 1.54) is 0 Å². The molecule has 11 heavy (non-hydrogen) atoms. The lowest BCUT2D eigenvalue weighted by atomic mass is 10.2. The lowest BCUT2D eigenvalue weighted by Crippen LogP contribution is -1.90. The molecule has 58 valence electrons. The second-order valence-electron chi connectivity index (χ2n) is 2.44. The highest BCUT2D eigenvalue weighted by molar-refractivity contribution is 6.31. The minimum Gasteiger partial charge on any atom is -0.253 e. The van der Waals surface area contributed by atoms with Gasteiger partial charge >= 0.3 is 0 Å². The van der Waals surface area contributed by atoms with E-state index in [1.54, 1.807) is 6.08 Å². The maximum atomic E-state index is 5.91. The van der Waals surface area contributed by atoms with Crippen molar-refractivity contribution in [3.63, 3.8) is 0 Å². The van der Waals surface area contributed by atoms with Crippen LogP contribution in [0.25, 0.3) is 6.08 Å². The molecule has 1 rings (SSSR count). The molecule has 0 aromatic carbocycles. The molecular weight excluding hydrogens is 158 g/mol. The summed E-state index contributed by atoms with van der Waals surface area (Å²) < 4.78 is 0. The van der Waals surface area contributed by atoms with E-state index < -0.39 is 0 Å². The molecule has 0 bridgehead atoms. The van der Waals surface area contributed by atoms with Crippen molar-refractivity contribution >= 4 is 17.7 Å². The van der Waals surface area contributed by atoms with E-state index in [9.17, 15) is 0 Å². The topological polar surface area (TPSA) is 12.9 Å². The smallest absolute Gasteiger partial charge is 0.0641 e. The fourth-order valence-electron chi connectivity index (χ4n) is 0.825. The van der Waals surface area contributed by atoms with Gasteiger partial charge in [0.05, 0.1) is 5.69 Å². The summed E-state index contributed by atoms with van der Waals surface area (Å²) in [4.78, 5) is 4.25. The zero-order valence-corrected chi connectivity index (χ0v) is 7.44. The third-order valence-electron chi connectivity index (χ3n) is 1.68. The van der Waals surface area contributed by atoms with Gasteiger partial charge in [-0.2, -0.15) is 0 Å². The van der Waals surface area contributed by atoms with Crippen LogP contribution in [0, 0.1) is 13.8 Å². The standard InChI is InChI=1S/C9H10ClN/c1-4-8-5-9(10)6(2)7(3)11-8/h4-5H,1H2,2-3H3. The van der Waals surface area contributed by atoms with Crippen molar-refractivity contribution in [1.82, 2.24) is 4.98 Å². The molecule has 1 aromatic rings. The van der Waals surface area contributed by atoms with E-state index in [1.807, 2.05) is 19.9 Å². The summed E-state index contributed by atoms with van der Waals surface area (Å²) in [6.07, 6.45) is 1.69. The van der Waals surface area contributed by atoms with Gasteiger partial charge in [0, 0.05) is 10.7 Å². The maximum Gasteiger partial charge on any atom is 0.0641 e. The van der Waals surface area contributed by atoms with Crippen molar-refractivity contribution in [2.45, 2.75) is 13.8 Å². The molecule has 0 atom stereocenters. The minimum absolute atomic E-state index is 0.757. The van der Waals surface area contributed by atoms with Gasteiger partial charge in [0.15, 0.2) is 0 Å². The van der Waals surface area contributed by atoms with Gasteiger partial charge in [0.1, 0.15) is 0 Å². The lowest BCUT2D eigenvalue weighted by Gasteiger charge is -2.02. The maximum absolute atomic E-state index is 5.91. The molecule has 0 N–H and O–H groups in total. The quantitative estimate of drug-likeness (QED) is 0.627. The van der Waals surface area contributed by atoms with Crippen LogP contribution in [0.1, 0.15) is 17.0 Å². The molecule has 1 aromatic heterocycles.